The molecule has 2 aromatic carbocycles. The Labute approximate surface area is 208 Å². The summed E-state index contributed by atoms with van der Waals surface area (Å²) in [5.41, 5.74) is 1.98. The fourth-order valence-corrected chi connectivity index (χ4v) is 4.84. The van der Waals surface area contributed by atoms with Gasteiger partial charge in [-0.25, -0.2) is 4.39 Å². The topological polar surface area (TPSA) is 59.1 Å². The van der Waals surface area contributed by atoms with Crippen LogP contribution in [0.1, 0.15) is 46.6 Å². The van der Waals surface area contributed by atoms with E-state index in [-0.39, 0.29) is 30.9 Å². The smallest absolute Gasteiger partial charge is 0.257 e. The minimum atomic E-state index is -0.593. The summed E-state index contributed by atoms with van der Waals surface area (Å²) >= 11 is 1.59. The normalized spacial score (nSPS) is 12.9. The van der Waals surface area contributed by atoms with Crippen LogP contribution in [-0.2, 0) is 17.9 Å². The summed E-state index contributed by atoms with van der Waals surface area (Å²) in [5, 5.41) is 2.00. The number of amides is 2. The van der Waals surface area contributed by atoms with Crippen molar-refractivity contribution in [3.8, 4) is 11.5 Å². The molecule has 35 heavy (non-hydrogen) atoms. The van der Waals surface area contributed by atoms with E-state index in [1.807, 2.05) is 50.4 Å². The van der Waals surface area contributed by atoms with Gasteiger partial charge in [-0.2, -0.15) is 0 Å². The van der Waals surface area contributed by atoms with Gasteiger partial charge in [0.25, 0.3) is 5.91 Å². The van der Waals surface area contributed by atoms with Crippen molar-refractivity contribution in [2.24, 2.45) is 0 Å². The molecule has 2 amide bonds. The molecule has 0 N–H and O–H groups in total. The summed E-state index contributed by atoms with van der Waals surface area (Å²) in [6.07, 6.45) is 0.639. The first kappa shape index (κ1) is 24.7. The summed E-state index contributed by atoms with van der Waals surface area (Å²) in [6, 6.07) is 13.3. The predicted octanol–water partition coefficient (Wildman–Crippen LogP) is 5.39. The first-order valence-electron chi connectivity index (χ1n) is 11.6. The Hall–Kier alpha value is -3.39. The Kier molecular flexibility index (Phi) is 7.70. The number of aryl methyl sites for hydroxylation is 1. The Bertz CT molecular complexity index is 1210. The molecule has 1 atom stereocenters. The number of nitrogens with zero attached hydrogens (tertiary/aromatic N) is 2. The van der Waals surface area contributed by atoms with Gasteiger partial charge >= 0.3 is 0 Å². The summed E-state index contributed by atoms with van der Waals surface area (Å²) < 4.78 is 25.3. The first-order valence-corrected chi connectivity index (χ1v) is 12.5. The Balaban J connectivity index is 1.59. The van der Waals surface area contributed by atoms with E-state index >= 15 is 0 Å². The number of halogens is 1. The number of benzene rings is 2. The number of carbonyl (C=O) groups excluding carboxylic acids is 2. The van der Waals surface area contributed by atoms with Crippen LogP contribution in [-0.4, -0.2) is 41.0 Å². The highest BCUT2D eigenvalue weighted by molar-refractivity contribution is 7.10. The van der Waals surface area contributed by atoms with Gasteiger partial charge in [0.2, 0.25) is 12.7 Å². The van der Waals surface area contributed by atoms with Crippen molar-refractivity contribution in [1.82, 2.24) is 9.80 Å². The van der Waals surface area contributed by atoms with Crippen LogP contribution in [0.25, 0.3) is 0 Å². The molecule has 1 aromatic heterocycles. The SMILES string of the molecule is CC[C@H](C)N(CC(=O)N(Cc1ccc2c(c1)OCO2)Cc1sccc1C)C(=O)c1ccccc1F. The molecule has 2 heterocycles. The Morgan fingerprint density at radius 1 is 1.09 bits per heavy atom. The third kappa shape index (κ3) is 5.65. The van der Waals surface area contributed by atoms with E-state index in [0.717, 1.165) is 16.0 Å². The number of thiophene rings is 1. The molecule has 0 bridgehead atoms. The van der Waals surface area contributed by atoms with Gasteiger partial charge in [-0.05, 0) is 67.1 Å². The minimum Gasteiger partial charge on any atom is -0.454 e. The average molecular weight is 497 g/mol. The maximum absolute atomic E-state index is 14.4. The number of fused-ring (bicyclic) bond motifs is 1. The summed E-state index contributed by atoms with van der Waals surface area (Å²) in [4.78, 5) is 31.2. The molecule has 0 saturated heterocycles. The molecule has 0 fully saturated rings. The van der Waals surface area contributed by atoms with Crippen molar-refractivity contribution in [3.05, 3.63) is 81.3 Å². The highest BCUT2D eigenvalue weighted by Gasteiger charge is 2.28. The van der Waals surface area contributed by atoms with Gasteiger partial charge in [-0.15, -0.1) is 11.3 Å². The van der Waals surface area contributed by atoms with E-state index in [1.165, 1.54) is 17.0 Å². The van der Waals surface area contributed by atoms with Crippen molar-refractivity contribution >= 4 is 23.2 Å². The van der Waals surface area contributed by atoms with Crippen LogP contribution in [0.15, 0.2) is 53.9 Å². The van der Waals surface area contributed by atoms with Gasteiger partial charge in [-0.3, -0.25) is 9.59 Å². The van der Waals surface area contributed by atoms with Gasteiger partial charge in [0, 0.05) is 17.5 Å². The van der Waals surface area contributed by atoms with E-state index in [4.69, 9.17) is 9.47 Å². The molecule has 0 unspecified atom stereocenters. The van der Waals surface area contributed by atoms with Crippen LogP contribution < -0.4 is 9.47 Å². The molecule has 0 saturated carbocycles. The van der Waals surface area contributed by atoms with E-state index in [9.17, 15) is 14.0 Å². The number of hydrogen-bond acceptors (Lipinski definition) is 5. The molecule has 8 heteroatoms. The fraction of sp³-hybridized carbons (Fsp3) is 0.333. The van der Waals surface area contributed by atoms with Crippen LogP contribution >= 0.6 is 11.3 Å². The quantitative estimate of drug-likeness (QED) is 0.398. The van der Waals surface area contributed by atoms with Crippen LogP contribution in [0.4, 0.5) is 4.39 Å². The summed E-state index contributed by atoms with van der Waals surface area (Å²) in [6.45, 7) is 6.62. The monoisotopic (exact) mass is 496 g/mol. The maximum Gasteiger partial charge on any atom is 0.257 e. The van der Waals surface area contributed by atoms with Crippen molar-refractivity contribution in [2.45, 2.75) is 46.3 Å². The summed E-state index contributed by atoms with van der Waals surface area (Å²) in [7, 11) is 0. The average Bonchev–Trinajstić information content (AvgIpc) is 3.49. The zero-order chi connectivity index (χ0) is 24.9. The van der Waals surface area contributed by atoms with E-state index < -0.39 is 11.7 Å². The van der Waals surface area contributed by atoms with Crippen molar-refractivity contribution in [1.29, 1.82) is 0 Å². The Morgan fingerprint density at radius 3 is 2.57 bits per heavy atom. The van der Waals surface area contributed by atoms with Crippen LogP contribution in [0.2, 0.25) is 0 Å². The lowest BCUT2D eigenvalue weighted by Gasteiger charge is -2.31. The molecule has 0 spiro atoms. The zero-order valence-corrected chi connectivity index (χ0v) is 20.9. The van der Waals surface area contributed by atoms with Crippen molar-refractivity contribution in [2.75, 3.05) is 13.3 Å². The number of rotatable bonds is 9. The molecule has 0 radical (unpaired) electrons. The standard InChI is InChI=1S/C27H29FN2O4S/c1-4-19(3)30(27(32)21-7-5-6-8-22(21)28)16-26(31)29(15-25-18(2)11-12-35-25)14-20-9-10-23-24(13-20)34-17-33-23/h5-13,19H,4,14-17H2,1-3H3/t19-/m0/s1. The minimum absolute atomic E-state index is 0.0305. The van der Waals surface area contributed by atoms with Gasteiger partial charge < -0.3 is 19.3 Å². The highest BCUT2D eigenvalue weighted by Crippen LogP contribution is 2.33. The van der Waals surface area contributed by atoms with Crippen molar-refractivity contribution in [3.63, 3.8) is 0 Å². The van der Waals surface area contributed by atoms with Crippen LogP contribution in [0, 0.1) is 12.7 Å². The van der Waals surface area contributed by atoms with Gasteiger partial charge in [-0.1, -0.05) is 25.1 Å². The maximum atomic E-state index is 14.4. The largest absolute Gasteiger partial charge is 0.454 e. The molecule has 1 aliphatic rings. The molecule has 1 aliphatic heterocycles. The van der Waals surface area contributed by atoms with E-state index in [2.05, 4.69) is 0 Å². The third-order valence-corrected chi connectivity index (χ3v) is 7.27. The molecule has 184 valence electrons. The third-order valence-electron chi connectivity index (χ3n) is 6.26. The fourth-order valence-electron chi connectivity index (χ4n) is 3.91. The van der Waals surface area contributed by atoms with Crippen LogP contribution in [0.3, 0.4) is 0 Å². The molecular formula is C27H29FN2O4S. The molecule has 6 nitrogen and oxygen atoms in total. The second-order valence-corrected chi connectivity index (χ2v) is 9.64. The van der Waals surface area contributed by atoms with E-state index in [1.54, 1.807) is 28.4 Å². The highest BCUT2D eigenvalue weighted by atomic mass is 32.1. The van der Waals surface area contributed by atoms with Gasteiger partial charge in [0.05, 0.1) is 12.1 Å². The lowest BCUT2D eigenvalue weighted by atomic mass is 10.1. The lowest BCUT2D eigenvalue weighted by molar-refractivity contribution is -0.133. The molecule has 0 aliphatic carbocycles. The number of hydrogen-bond donors (Lipinski definition) is 0. The molecule has 3 aromatic rings. The second-order valence-electron chi connectivity index (χ2n) is 8.63. The molecular weight excluding hydrogens is 467 g/mol. The van der Waals surface area contributed by atoms with Crippen LogP contribution in [0.5, 0.6) is 11.5 Å². The molecule has 4 rings (SSSR count). The lowest BCUT2D eigenvalue weighted by Crippen LogP contribution is -2.46. The van der Waals surface area contributed by atoms with Crippen molar-refractivity contribution < 1.29 is 23.5 Å². The second kappa shape index (κ2) is 10.9. The number of carbonyl (C=O) groups is 2. The predicted molar refractivity (Wildman–Crippen MR) is 133 cm³/mol. The number of ether oxygens (including phenoxy) is 2. The zero-order valence-electron chi connectivity index (χ0n) is 20.1. The Morgan fingerprint density at radius 2 is 1.86 bits per heavy atom. The van der Waals surface area contributed by atoms with E-state index in [0.29, 0.717) is 31.0 Å². The van der Waals surface area contributed by atoms with Gasteiger partial charge in [0.15, 0.2) is 11.5 Å². The first-order chi connectivity index (χ1) is 16.9. The summed E-state index contributed by atoms with van der Waals surface area (Å²) in [5.74, 6) is 0.0450. The van der Waals surface area contributed by atoms with Gasteiger partial charge in [0.1, 0.15) is 12.4 Å².